The second-order valence-corrected chi connectivity index (χ2v) is 4.53. The van der Waals surface area contributed by atoms with Gasteiger partial charge in [-0.3, -0.25) is 0 Å². The summed E-state index contributed by atoms with van der Waals surface area (Å²) in [6, 6.07) is 7.42. The number of nitrogens with two attached hydrogens (primary N) is 3. The van der Waals surface area contributed by atoms with E-state index < -0.39 is 0 Å². The maximum atomic E-state index is 5.88. The molecule has 0 saturated heterocycles. The van der Waals surface area contributed by atoms with Gasteiger partial charge in [0.2, 0.25) is 5.96 Å². The molecule has 6 nitrogen and oxygen atoms in total. The van der Waals surface area contributed by atoms with E-state index in [0.29, 0.717) is 11.8 Å². The lowest BCUT2D eigenvalue weighted by Gasteiger charge is -2.13. The van der Waals surface area contributed by atoms with Crippen molar-refractivity contribution in [2.24, 2.45) is 27.2 Å². The van der Waals surface area contributed by atoms with Gasteiger partial charge < -0.3 is 21.9 Å². The second-order valence-electron chi connectivity index (χ2n) is 4.53. The van der Waals surface area contributed by atoms with Crippen LogP contribution in [0.3, 0.4) is 0 Å². The summed E-state index contributed by atoms with van der Waals surface area (Å²) in [4.78, 5) is 7.77. The van der Waals surface area contributed by atoms with Gasteiger partial charge >= 0.3 is 0 Å². The van der Waals surface area contributed by atoms with Gasteiger partial charge in [-0.15, -0.1) is 0 Å². The van der Waals surface area contributed by atoms with Crippen LogP contribution in [0.1, 0.15) is 25.7 Å². The molecule has 1 saturated carbocycles. The molecule has 6 heteroatoms. The van der Waals surface area contributed by atoms with Crippen molar-refractivity contribution in [1.82, 2.24) is 0 Å². The molecule has 0 atom stereocenters. The lowest BCUT2D eigenvalue weighted by molar-refractivity contribution is 0.210. The molecular formula is C13H19N5O. The summed E-state index contributed by atoms with van der Waals surface area (Å²) in [6.45, 7) is 0. The van der Waals surface area contributed by atoms with E-state index >= 15 is 0 Å². The Morgan fingerprint density at radius 3 is 2.58 bits per heavy atom. The van der Waals surface area contributed by atoms with Gasteiger partial charge in [0.1, 0.15) is 5.75 Å². The normalized spacial score (nSPS) is 16.3. The number of hydrogen-bond donors (Lipinski definition) is 3. The quantitative estimate of drug-likeness (QED) is 0.561. The Kier molecular flexibility index (Phi) is 4.22. The maximum Gasteiger partial charge on any atom is 0.223 e. The molecule has 19 heavy (non-hydrogen) atoms. The third-order valence-electron chi connectivity index (χ3n) is 2.91. The molecule has 0 aliphatic heterocycles. The van der Waals surface area contributed by atoms with Crippen LogP contribution in [-0.2, 0) is 0 Å². The molecule has 1 aliphatic rings. The molecule has 1 aromatic rings. The summed E-state index contributed by atoms with van der Waals surface area (Å²) >= 11 is 0. The third-order valence-corrected chi connectivity index (χ3v) is 2.91. The van der Waals surface area contributed by atoms with E-state index in [1.54, 1.807) is 0 Å². The number of guanidine groups is 2. The van der Waals surface area contributed by atoms with Crippen molar-refractivity contribution < 1.29 is 4.74 Å². The van der Waals surface area contributed by atoms with Crippen LogP contribution in [-0.4, -0.2) is 18.0 Å². The van der Waals surface area contributed by atoms with E-state index in [0.717, 1.165) is 18.6 Å². The highest BCUT2D eigenvalue weighted by atomic mass is 16.5. The van der Waals surface area contributed by atoms with Crippen LogP contribution < -0.4 is 21.9 Å². The monoisotopic (exact) mass is 261 g/mol. The fraction of sp³-hybridized carbons (Fsp3) is 0.385. The van der Waals surface area contributed by atoms with Gasteiger partial charge in [-0.05, 0) is 37.8 Å². The molecule has 1 aromatic carbocycles. The first kappa shape index (κ1) is 13.2. The SMILES string of the molecule is NC(N)=NC(N)=Nc1cccc(OC2CCCC2)c1. The van der Waals surface area contributed by atoms with Gasteiger partial charge in [-0.25, -0.2) is 4.99 Å². The number of aliphatic imine (C=N–C) groups is 2. The predicted molar refractivity (Wildman–Crippen MR) is 76.4 cm³/mol. The molecular weight excluding hydrogens is 242 g/mol. The van der Waals surface area contributed by atoms with Gasteiger partial charge in [0.15, 0.2) is 5.96 Å². The molecule has 1 fully saturated rings. The number of nitrogens with zero attached hydrogens (tertiary/aromatic N) is 2. The lowest BCUT2D eigenvalue weighted by Crippen LogP contribution is -2.26. The van der Waals surface area contributed by atoms with Gasteiger partial charge in [0.25, 0.3) is 0 Å². The Labute approximate surface area is 112 Å². The Morgan fingerprint density at radius 2 is 1.89 bits per heavy atom. The first-order valence-electron chi connectivity index (χ1n) is 6.34. The highest BCUT2D eigenvalue weighted by Crippen LogP contribution is 2.26. The van der Waals surface area contributed by atoms with E-state index in [4.69, 9.17) is 21.9 Å². The number of ether oxygens (including phenoxy) is 1. The topological polar surface area (TPSA) is 112 Å². The number of rotatable bonds is 3. The van der Waals surface area contributed by atoms with Crippen molar-refractivity contribution in [3.05, 3.63) is 24.3 Å². The van der Waals surface area contributed by atoms with Crippen molar-refractivity contribution in [2.75, 3.05) is 0 Å². The van der Waals surface area contributed by atoms with E-state index in [2.05, 4.69) is 9.98 Å². The Bertz CT molecular complexity index is 488. The molecule has 102 valence electrons. The largest absolute Gasteiger partial charge is 0.490 e. The second kappa shape index (κ2) is 6.08. The van der Waals surface area contributed by atoms with Gasteiger partial charge in [0.05, 0.1) is 11.8 Å². The van der Waals surface area contributed by atoms with Gasteiger partial charge in [-0.2, -0.15) is 4.99 Å². The minimum absolute atomic E-state index is 0.0259. The molecule has 0 aromatic heterocycles. The first-order chi connectivity index (χ1) is 9.13. The van der Waals surface area contributed by atoms with Crippen LogP contribution in [0.2, 0.25) is 0 Å². The summed E-state index contributed by atoms with van der Waals surface area (Å²) < 4.78 is 5.88. The summed E-state index contributed by atoms with van der Waals surface area (Å²) in [7, 11) is 0. The number of hydrogen-bond acceptors (Lipinski definition) is 2. The van der Waals surface area contributed by atoms with Crippen molar-refractivity contribution in [2.45, 2.75) is 31.8 Å². The minimum atomic E-state index is -0.111. The van der Waals surface area contributed by atoms with Crippen LogP contribution in [0, 0.1) is 0 Å². The molecule has 2 rings (SSSR count). The fourth-order valence-electron chi connectivity index (χ4n) is 2.11. The minimum Gasteiger partial charge on any atom is -0.490 e. The third kappa shape index (κ3) is 4.17. The average molecular weight is 261 g/mol. The highest BCUT2D eigenvalue weighted by molar-refractivity contribution is 5.93. The Morgan fingerprint density at radius 1 is 1.16 bits per heavy atom. The first-order valence-corrected chi connectivity index (χ1v) is 6.34. The summed E-state index contributed by atoms with van der Waals surface area (Å²) in [6.07, 6.45) is 5.02. The molecule has 1 aliphatic carbocycles. The summed E-state index contributed by atoms with van der Waals surface area (Å²) in [5.41, 5.74) is 16.7. The molecule has 0 unspecified atom stereocenters. The van der Waals surface area contributed by atoms with Crippen LogP contribution in [0.4, 0.5) is 5.69 Å². The zero-order chi connectivity index (χ0) is 13.7. The van der Waals surface area contributed by atoms with E-state index in [-0.39, 0.29) is 11.9 Å². The van der Waals surface area contributed by atoms with Crippen LogP contribution >= 0.6 is 0 Å². The Hall–Kier alpha value is -2.24. The molecule has 0 radical (unpaired) electrons. The standard InChI is InChI=1S/C13H19N5O/c14-12(15)18-13(16)17-9-4-3-7-11(8-9)19-10-5-1-2-6-10/h3-4,7-8,10H,1-2,5-6H2,(H6,14,15,16,17,18). The maximum absolute atomic E-state index is 5.88. The van der Waals surface area contributed by atoms with E-state index in [9.17, 15) is 0 Å². The van der Waals surface area contributed by atoms with Crippen LogP contribution in [0.5, 0.6) is 5.75 Å². The molecule has 0 bridgehead atoms. The van der Waals surface area contributed by atoms with E-state index in [1.165, 1.54) is 12.8 Å². The number of benzene rings is 1. The molecule has 6 N–H and O–H groups in total. The molecule has 0 amide bonds. The predicted octanol–water partition coefficient (Wildman–Crippen LogP) is 1.23. The zero-order valence-electron chi connectivity index (χ0n) is 10.7. The zero-order valence-corrected chi connectivity index (χ0v) is 10.7. The Balaban J connectivity index is 2.08. The van der Waals surface area contributed by atoms with Crippen molar-refractivity contribution in [1.29, 1.82) is 0 Å². The van der Waals surface area contributed by atoms with Crippen molar-refractivity contribution in [3.8, 4) is 5.75 Å². The smallest absolute Gasteiger partial charge is 0.223 e. The van der Waals surface area contributed by atoms with Gasteiger partial charge in [-0.1, -0.05) is 6.07 Å². The average Bonchev–Trinajstić information content (AvgIpc) is 2.81. The van der Waals surface area contributed by atoms with E-state index in [1.807, 2.05) is 24.3 Å². The summed E-state index contributed by atoms with van der Waals surface area (Å²) in [5, 5.41) is 0. The van der Waals surface area contributed by atoms with Gasteiger partial charge in [0, 0.05) is 6.07 Å². The summed E-state index contributed by atoms with van der Waals surface area (Å²) in [5.74, 6) is 0.711. The van der Waals surface area contributed by atoms with Crippen molar-refractivity contribution in [3.63, 3.8) is 0 Å². The fourth-order valence-corrected chi connectivity index (χ4v) is 2.11. The molecule has 0 heterocycles. The lowest BCUT2D eigenvalue weighted by atomic mass is 10.3. The molecule has 0 spiro atoms. The van der Waals surface area contributed by atoms with Crippen LogP contribution in [0.15, 0.2) is 34.3 Å². The van der Waals surface area contributed by atoms with Crippen LogP contribution in [0.25, 0.3) is 0 Å². The highest BCUT2D eigenvalue weighted by Gasteiger charge is 2.16. The van der Waals surface area contributed by atoms with Crippen molar-refractivity contribution >= 4 is 17.6 Å².